The van der Waals surface area contributed by atoms with Crippen LogP contribution in [0.25, 0.3) is 44.5 Å². The van der Waals surface area contributed by atoms with Gasteiger partial charge in [0.15, 0.2) is 11.5 Å². The van der Waals surface area contributed by atoms with E-state index in [2.05, 4.69) is 138 Å². The lowest BCUT2D eigenvalue weighted by Crippen LogP contribution is -2.16. The second-order valence-corrected chi connectivity index (χ2v) is 9.79. The molecule has 6 aromatic rings. The SMILES string of the molecule is c1ccc(-c2ccc3c(c2)Oc2cc(-c4ccccc4)cc4c2N3c2ccccc2-c2ccccc2-4)cc1. The monoisotopic (exact) mass is 485 g/mol. The van der Waals surface area contributed by atoms with E-state index in [0.29, 0.717) is 0 Å². The summed E-state index contributed by atoms with van der Waals surface area (Å²) in [6.45, 7) is 0. The van der Waals surface area contributed by atoms with Crippen molar-refractivity contribution in [2.75, 3.05) is 4.90 Å². The molecule has 0 saturated carbocycles. The fourth-order valence-corrected chi connectivity index (χ4v) is 5.85. The molecule has 2 heterocycles. The van der Waals surface area contributed by atoms with Crippen molar-refractivity contribution in [1.82, 2.24) is 0 Å². The van der Waals surface area contributed by atoms with Crippen LogP contribution in [0.1, 0.15) is 0 Å². The van der Waals surface area contributed by atoms with E-state index in [-0.39, 0.29) is 0 Å². The Bertz CT molecular complexity index is 1840. The fraction of sp³-hybridized carbons (Fsp3) is 0. The Kier molecular flexibility index (Phi) is 4.55. The van der Waals surface area contributed by atoms with Gasteiger partial charge >= 0.3 is 0 Å². The van der Waals surface area contributed by atoms with Crippen molar-refractivity contribution >= 4 is 17.1 Å². The summed E-state index contributed by atoms with van der Waals surface area (Å²) in [5, 5.41) is 0. The quantitative estimate of drug-likeness (QED) is 0.241. The third-order valence-corrected chi connectivity index (χ3v) is 7.59. The molecule has 0 atom stereocenters. The molecule has 0 saturated heterocycles. The molecule has 0 amide bonds. The first-order chi connectivity index (χ1) is 18.8. The van der Waals surface area contributed by atoms with Gasteiger partial charge in [-0.25, -0.2) is 0 Å². The lowest BCUT2D eigenvalue weighted by molar-refractivity contribution is 0.478. The molecule has 0 bridgehead atoms. The van der Waals surface area contributed by atoms with Crippen molar-refractivity contribution in [3.63, 3.8) is 0 Å². The highest BCUT2D eigenvalue weighted by Crippen LogP contribution is 2.59. The van der Waals surface area contributed by atoms with Crippen LogP contribution in [-0.4, -0.2) is 0 Å². The van der Waals surface area contributed by atoms with Gasteiger partial charge in [0.1, 0.15) is 0 Å². The molecule has 0 aromatic heterocycles. The number of hydrogen-bond acceptors (Lipinski definition) is 2. The molecule has 2 aliphatic rings. The van der Waals surface area contributed by atoms with Crippen molar-refractivity contribution in [3.05, 3.63) is 140 Å². The largest absolute Gasteiger partial charge is 0.453 e. The number of fused-ring (bicyclic) bond motifs is 7. The lowest BCUT2D eigenvalue weighted by atomic mass is 9.92. The topological polar surface area (TPSA) is 12.5 Å². The Morgan fingerprint density at radius 2 is 0.947 bits per heavy atom. The molecule has 178 valence electrons. The van der Waals surface area contributed by atoms with Gasteiger partial charge in [-0.15, -0.1) is 0 Å². The summed E-state index contributed by atoms with van der Waals surface area (Å²) in [5.74, 6) is 1.72. The second kappa shape index (κ2) is 8.22. The minimum absolute atomic E-state index is 0.857. The smallest absolute Gasteiger partial charge is 0.152 e. The molecule has 8 rings (SSSR count). The van der Waals surface area contributed by atoms with Crippen molar-refractivity contribution in [2.24, 2.45) is 0 Å². The molecule has 0 fully saturated rings. The van der Waals surface area contributed by atoms with Gasteiger partial charge in [0, 0.05) is 11.1 Å². The van der Waals surface area contributed by atoms with E-state index in [0.717, 1.165) is 39.7 Å². The number of rotatable bonds is 2. The van der Waals surface area contributed by atoms with Crippen molar-refractivity contribution in [3.8, 4) is 56.0 Å². The zero-order chi connectivity index (χ0) is 25.1. The van der Waals surface area contributed by atoms with Crippen LogP contribution in [0, 0.1) is 0 Å². The average Bonchev–Trinajstić information content (AvgIpc) is 3.12. The first-order valence-electron chi connectivity index (χ1n) is 12.9. The van der Waals surface area contributed by atoms with Gasteiger partial charge in [-0.1, -0.05) is 109 Å². The maximum atomic E-state index is 6.79. The van der Waals surface area contributed by atoms with E-state index in [4.69, 9.17) is 4.74 Å². The average molecular weight is 486 g/mol. The fourth-order valence-electron chi connectivity index (χ4n) is 5.85. The van der Waals surface area contributed by atoms with Crippen molar-refractivity contribution in [2.45, 2.75) is 0 Å². The summed E-state index contributed by atoms with van der Waals surface area (Å²) in [4.78, 5) is 2.39. The van der Waals surface area contributed by atoms with Gasteiger partial charge in [-0.2, -0.15) is 0 Å². The molecule has 6 aromatic carbocycles. The van der Waals surface area contributed by atoms with E-state index in [1.165, 1.54) is 33.4 Å². The van der Waals surface area contributed by atoms with Crippen LogP contribution in [-0.2, 0) is 0 Å². The minimum Gasteiger partial charge on any atom is -0.453 e. The van der Waals surface area contributed by atoms with Crippen LogP contribution in [0.15, 0.2) is 140 Å². The maximum Gasteiger partial charge on any atom is 0.152 e. The second-order valence-electron chi connectivity index (χ2n) is 9.79. The van der Waals surface area contributed by atoms with Gasteiger partial charge in [-0.3, -0.25) is 0 Å². The van der Waals surface area contributed by atoms with Gasteiger partial charge in [0.25, 0.3) is 0 Å². The Morgan fingerprint density at radius 1 is 0.368 bits per heavy atom. The minimum atomic E-state index is 0.857. The predicted molar refractivity (Wildman–Crippen MR) is 157 cm³/mol. The number of anilines is 3. The van der Waals surface area contributed by atoms with Crippen LogP contribution in [0.2, 0.25) is 0 Å². The van der Waals surface area contributed by atoms with Crippen LogP contribution in [0.5, 0.6) is 11.5 Å². The predicted octanol–water partition coefficient (Wildman–Crippen LogP) is 10.2. The number of ether oxygens (including phenoxy) is 1. The molecule has 0 spiro atoms. The number of benzene rings is 6. The summed E-state index contributed by atoms with van der Waals surface area (Å²) in [6, 6.07) is 49.5. The Balaban J connectivity index is 1.45. The van der Waals surface area contributed by atoms with E-state index >= 15 is 0 Å². The molecule has 0 radical (unpaired) electrons. The molecule has 2 heteroatoms. The van der Waals surface area contributed by atoms with E-state index in [9.17, 15) is 0 Å². The first-order valence-corrected chi connectivity index (χ1v) is 12.9. The summed E-state index contributed by atoms with van der Waals surface area (Å²) >= 11 is 0. The van der Waals surface area contributed by atoms with E-state index in [1.807, 2.05) is 6.07 Å². The summed E-state index contributed by atoms with van der Waals surface area (Å²) in [6.07, 6.45) is 0. The highest BCUT2D eigenvalue weighted by molar-refractivity contribution is 6.07. The van der Waals surface area contributed by atoms with Crippen molar-refractivity contribution in [1.29, 1.82) is 0 Å². The summed E-state index contributed by atoms with van der Waals surface area (Å²) in [5.41, 5.74) is 12.7. The molecule has 0 unspecified atom stereocenters. The van der Waals surface area contributed by atoms with Crippen LogP contribution >= 0.6 is 0 Å². The highest BCUT2D eigenvalue weighted by Gasteiger charge is 2.34. The molecular weight excluding hydrogens is 462 g/mol. The molecule has 38 heavy (non-hydrogen) atoms. The van der Waals surface area contributed by atoms with Crippen LogP contribution in [0.3, 0.4) is 0 Å². The van der Waals surface area contributed by atoms with Crippen LogP contribution in [0.4, 0.5) is 17.1 Å². The number of nitrogens with zero attached hydrogens (tertiary/aromatic N) is 1. The Hall–Kier alpha value is -5.08. The molecule has 2 aliphatic heterocycles. The standard InChI is InChI=1S/C36H23NO/c1-3-11-24(12-4-1)26-19-20-33-34(22-26)38-35-23-27(25-13-5-2-6-14-25)21-31-29-16-8-7-15-28(29)30-17-9-10-18-32(30)37(33)36(31)35/h1-23H. The third-order valence-electron chi connectivity index (χ3n) is 7.59. The van der Waals surface area contributed by atoms with Gasteiger partial charge in [0.2, 0.25) is 0 Å². The highest BCUT2D eigenvalue weighted by atomic mass is 16.5. The molecule has 2 nitrogen and oxygen atoms in total. The first kappa shape index (κ1) is 21.0. The van der Waals surface area contributed by atoms with Crippen molar-refractivity contribution < 1.29 is 4.74 Å². The Morgan fingerprint density at radius 3 is 1.68 bits per heavy atom. The Labute approximate surface area is 222 Å². The van der Waals surface area contributed by atoms with E-state index < -0.39 is 0 Å². The number of hydrogen-bond donors (Lipinski definition) is 0. The number of para-hydroxylation sites is 1. The summed E-state index contributed by atoms with van der Waals surface area (Å²) in [7, 11) is 0. The van der Waals surface area contributed by atoms with Gasteiger partial charge in [-0.05, 0) is 63.7 Å². The van der Waals surface area contributed by atoms with Crippen LogP contribution < -0.4 is 9.64 Å². The summed E-state index contributed by atoms with van der Waals surface area (Å²) < 4.78 is 6.79. The van der Waals surface area contributed by atoms with Gasteiger partial charge in [0.05, 0.1) is 17.1 Å². The zero-order valence-corrected chi connectivity index (χ0v) is 20.6. The van der Waals surface area contributed by atoms with E-state index in [1.54, 1.807) is 0 Å². The normalized spacial score (nSPS) is 12.4. The third kappa shape index (κ3) is 3.14. The molecule has 0 N–H and O–H groups in total. The molecule has 0 aliphatic carbocycles. The lowest BCUT2D eigenvalue weighted by Gasteiger charge is -2.34. The van der Waals surface area contributed by atoms with Gasteiger partial charge < -0.3 is 9.64 Å². The maximum absolute atomic E-state index is 6.79. The zero-order valence-electron chi connectivity index (χ0n) is 20.6. The molecular formula is C36H23NO.